The minimum absolute atomic E-state index is 0.0172. The second-order valence-corrected chi connectivity index (χ2v) is 4.33. The summed E-state index contributed by atoms with van der Waals surface area (Å²) in [6, 6.07) is -0.315. The first kappa shape index (κ1) is 9.45. The molecule has 1 atom stereocenters. The third-order valence-electron chi connectivity index (χ3n) is 2.78. The quantitative estimate of drug-likeness (QED) is 0.507. The van der Waals surface area contributed by atoms with Gasteiger partial charge in [-0.25, -0.2) is 0 Å². The van der Waals surface area contributed by atoms with Crippen LogP contribution in [0.4, 0.5) is 0 Å². The number of rotatable bonds is 0. The molecule has 0 bridgehead atoms. The molecule has 0 saturated carbocycles. The van der Waals surface area contributed by atoms with Gasteiger partial charge in [-0.05, 0) is 13.8 Å². The molecule has 2 saturated heterocycles. The molecule has 14 heavy (non-hydrogen) atoms. The van der Waals surface area contributed by atoms with Crippen molar-refractivity contribution in [3.63, 3.8) is 0 Å². The zero-order chi connectivity index (χ0) is 10.3. The fraction of sp³-hybridized carbons (Fsp3) is 0.778. The lowest BCUT2D eigenvalue weighted by Crippen LogP contribution is -2.72. The van der Waals surface area contributed by atoms with E-state index in [0.29, 0.717) is 13.1 Å². The van der Waals surface area contributed by atoms with Crippen LogP contribution in [0.3, 0.4) is 0 Å². The molecule has 0 spiro atoms. The molecule has 5 heteroatoms. The molecule has 2 fully saturated rings. The molecular formula is C9H15N3O2. The molecule has 2 amide bonds. The number of nitrogens with zero attached hydrogens (tertiary/aromatic N) is 1. The topological polar surface area (TPSA) is 61.4 Å². The highest BCUT2D eigenvalue weighted by Gasteiger charge is 2.45. The molecule has 5 nitrogen and oxygen atoms in total. The summed E-state index contributed by atoms with van der Waals surface area (Å²) in [6.45, 7) is 5.44. The molecule has 0 aromatic carbocycles. The van der Waals surface area contributed by atoms with Gasteiger partial charge in [0.25, 0.3) is 0 Å². The van der Waals surface area contributed by atoms with E-state index in [2.05, 4.69) is 10.6 Å². The van der Waals surface area contributed by atoms with E-state index in [4.69, 9.17) is 0 Å². The van der Waals surface area contributed by atoms with E-state index in [-0.39, 0.29) is 17.9 Å². The van der Waals surface area contributed by atoms with Gasteiger partial charge < -0.3 is 15.5 Å². The van der Waals surface area contributed by atoms with E-state index >= 15 is 0 Å². The summed E-state index contributed by atoms with van der Waals surface area (Å²) in [5.41, 5.74) is -0.745. The van der Waals surface area contributed by atoms with E-state index < -0.39 is 5.54 Å². The summed E-state index contributed by atoms with van der Waals surface area (Å²) in [4.78, 5) is 25.2. The molecule has 2 aliphatic rings. The van der Waals surface area contributed by atoms with Gasteiger partial charge in [0.05, 0.1) is 0 Å². The molecule has 2 rings (SSSR count). The van der Waals surface area contributed by atoms with Crippen LogP contribution in [0.1, 0.15) is 13.8 Å². The molecule has 0 radical (unpaired) electrons. The summed E-state index contributed by atoms with van der Waals surface area (Å²) < 4.78 is 0. The van der Waals surface area contributed by atoms with Gasteiger partial charge in [0.1, 0.15) is 11.6 Å². The van der Waals surface area contributed by atoms with Crippen molar-refractivity contribution in [2.24, 2.45) is 0 Å². The van der Waals surface area contributed by atoms with Crippen LogP contribution >= 0.6 is 0 Å². The molecule has 0 aromatic rings. The van der Waals surface area contributed by atoms with Crippen LogP contribution in [0.25, 0.3) is 0 Å². The Kier molecular flexibility index (Phi) is 1.99. The number of nitrogens with one attached hydrogen (secondary N) is 2. The Bertz CT molecular complexity index is 288. The Balaban J connectivity index is 2.26. The van der Waals surface area contributed by atoms with Crippen LogP contribution < -0.4 is 10.6 Å². The number of hydrogen-bond donors (Lipinski definition) is 2. The van der Waals surface area contributed by atoms with Gasteiger partial charge in [0.2, 0.25) is 11.8 Å². The maximum atomic E-state index is 11.9. The Hall–Kier alpha value is -1.10. The van der Waals surface area contributed by atoms with Gasteiger partial charge >= 0.3 is 0 Å². The lowest BCUT2D eigenvalue weighted by atomic mass is 9.96. The lowest BCUT2D eigenvalue weighted by molar-refractivity contribution is -0.154. The van der Waals surface area contributed by atoms with Gasteiger partial charge in [-0.1, -0.05) is 0 Å². The summed E-state index contributed by atoms with van der Waals surface area (Å²) in [5.74, 6) is -0.0367. The summed E-state index contributed by atoms with van der Waals surface area (Å²) >= 11 is 0. The Morgan fingerprint density at radius 1 is 1.43 bits per heavy atom. The second kappa shape index (κ2) is 2.95. The summed E-state index contributed by atoms with van der Waals surface area (Å²) in [7, 11) is 0. The van der Waals surface area contributed by atoms with Crippen molar-refractivity contribution in [1.29, 1.82) is 0 Å². The Labute approximate surface area is 82.8 Å². The van der Waals surface area contributed by atoms with E-state index in [1.165, 1.54) is 0 Å². The second-order valence-electron chi connectivity index (χ2n) is 4.33. The van der Waals surface area contributed by atoms with Crippen LogP contribution in [0.2, 0.25) is 0 Å². The van der Waals surface area contributed by atoms with Crippen molar-refractivity contribution >= 4 is 11.8 Å². The Morgan fingerprint density at radius 3 is 2.86 bits per heavy atom. The first-order valence-corrected chi connectivity index (χ1v) is 4.86. The zero-order valence-electron chi connectivity index (χ0n) is 8.46. The van der Waals surface area contributed by atoms with Crippen molar-refractivity contribution in [2.45, 2.75) is 25.4 Å². The van der Waals surface area contributed by atoms with Gasteiger partial charge in [-0.15, -0.1) is 0 Å². The fourth-order valence-electron chi connectivity index (χ4n) is 1.99. The van der Waals surface area contributed by atoms with Crippen LogP contribution in [-0.4, -0.2) is 47.9 Å². The lowest BCUT2D eigenvalue weighted by Gasteiger charge is -2.45. The highest BCUT2D eigenvalue weighted by molar-refractivity contribution is 5.99. The van der Waals surface area contributed by atoms with Gasteiger partial charge in [-0.3, -0.25) is 9.59 Å². The smallest absolute Gasteiger partial charge is 0.248 e. The predicted molar refractivity (Wildman–Crippen MR) is 50.6 cm³/mol. The number of fused-ring (bicyclic) bond motifs is 1. The van der Waals surface area contributed by atoms with Crippen LogP contribution in [0.5, 0.6) is 0 Å². The molecule has 2 heterocycles. The van der Waals surface area contributed by atoms with E-state index in [9.17, 15) is 9.59 Å². The van der Waals surface area contributed by atoms with Gasteiger partial charge in [0, 0.05) is 19.6 Å². The summed E-state index contributed by atoms with van der Waals surface area (Å²) in [5, 5.41) is 5.84. The van der Waals surface area contributed by atoms with Crippen molar-refractivity contribution < 1.29 is 9.59 Å². The SMILES string of the molecule is CC1(C)NC(=O)C2CNCCN2C1=O. The minimum Gasteiger partial charge on any atom is -0.340 e. The minimum atomic E-state index is -0.745. The highest BCUT2D eigenvalue weighted by atomic mass is 16.2. The molecule has 2 N–H and O–H groups in total. The molecule has 2 aliphatic heterocycles. The third-order valence-corrected chi connectivity index (χ3v) is 2.78. The Morgan fingerprint density at radius 2 is 2.14 bits per heavy atom. The van der Waals surface area contributed by atoms with E-state index in [0.717, 1.165) is 6.54 Å². The maximum absolute atomic E-state index is 11.9. The van der Waals surface area contributed by atoms with Crippen LogP contribution in [-0.2, 0) is 9.59 Å². The molecule has 1 unspecified atom stereocenters. The number of amides is 2. The van der Waals surface area contributed by atoms with E-state index in [1.807, 2.05) is 0 Å². The molecule has 0 aromatic heterocycles. The number of piperazine rings is 2. The summed E-state index contributed by atoms with van der Waals surface area (Å²) in [6.07, 6.45) is 0. The van der Waals surface area contributed by atoms with E-state index in [1.54, 1.807) is 18.7 Å². The predicted octanol–water partition coefficient (Wildman–Crippen LogP) is -1.30. The van der Waals surface area contributed by atoms with Gasteiger partial charge in [0.15, 0.2) is 0 Å². The number of carbonyl (C=O) groups excluding carboxylic acids is 2. The van der Waals surface area contributed by atoms with Crippen molar-refractivity contribution in [2.75, 3.05) is 19.6 Å². The first-order chi connectivity index (χ1) is 6.52. The van der Waals surface area contributed by atoms with Crippen molar-refractivity contribution in [1.82, 2.24) is 15.5 Å². The van der Waals surface area contributed by atoms with Crippen LogP contribution in [0.15, 0.2) is 0 Å². The average molecular weight is 197 g/mol. The normalized spacial score (nSPS) is 31.0. The molecular weight excluding hydrogens is 182 g/mol. The molecule has 0 aliphatic carbocycles. The molecule has 78 valence electrons. The van der Waals surface area contributed by atoms with Gasteiger partial charge in [-0.2, -0.15) is 0 Å². The largest absolute Gasteiger partial charge is 0.340 e. The third kappa shape index (κ3) is 1.28. The number of hydrogen-bond acceptors (Lipinski definition) is 3. The maximum Gasteiger partial charge on any atom is 0.248 e. The highest BCUT2D eigenvalue weighted by Crippen LogP contribution is 2.18. The zero-order valence-corrected chi connectivity index (χ0v) is 8.46. The number of carbonyl (C=O) groups is 2. The van der Waals surface area contributed by atoms with Crippen LogP contribution in [0, 0.1) is 0 Å². The monoisotopic (exact) mass is 197 g/mol. The van der Waals surface area contributed by atoms with Crippen molar-refractivity contribution in [3.8, 4) is 0 Å². The average Bonchev–Trinajstić information content (AvgIpc) is 2.14. The standard InChI is InChI=1S/C9H15N3O2/c1-9(2)8(14)12-4-3-10-5-6(12)7(13)11-9/h6,10H,3-5H2,1-2H3,(H,11,13). The fourth-order valence-corrected chi connectivity index (χ4v) is 1.99. The van der Waals surface area contributed by atoms with Crippen molar-refractivity contribution in [3.05, 3.63) is 0 Å². The first-order valence-electron chi connectivity index (χ1n) is 4.86.